The third kappa shape index (κ3) is 5.70. The van der Waals surface area contributed by atoms with Crippen molar-refractivity contribution in [1.82, 2.24) is 14.8 Å². The van der Waals surface area contributed by atoms with E-state index in [1.54, 1.807) is 35.2 Å². The molecule has 0 saturated carbocycles. The summed E-state index contributed by atoms with van der Waals surface area (Å²) in [6.07, 6.45) is 3.02. The number of amides is 2. The summed E-state index contributed by atoms with van der Waals surface area (Å²) in [7, 11) is 1.80. The first-order valence-corrected chi connectivity index (χ1v) is 10.0. The number of nitrogens with one attached hydrogen (secondary N) is 1. The molecule has 3 rings (SSSR count). The second-order valence-corrected chi connectivity index (χ2v) is 7.18. The summed E-state index contributed by atoms with van der Waals surface area (Å²) in [5, 5.41) is 3.40. The smallest absolute Gasteiger partial charge is 0.409 e. The Morgan fingerprint density at radius 2 is 1.93 bits per heavy atom. The zero-order chi connectivity index (χ0) is 20.6. The average molecular weight is 396 g/mol. The van der Waals surface area contributed by atoms with Crippen molar-refractivity contribution in [3.63, 3.8) is 0 Å². The average Bonchev–Trinajstić information content (AvgIpc) is 2.75. The number of ether oxygens (including phenoxy) is 1. The van der Waals surface area contributed by atoms with E-state index in [4.69, 9.17) is 4.74 Å². The van der Waals surface area contributed by atoms with Crippen molar-refractivity contribution in [1.29, 1.82) is 0 Å². The number of anilines is 1. The largest absolute Gasteiger partial charge is 0.450 e. The highest BCUT2D eigenvalue weighted by Gasteiger charge is 2.24. The molecular weight excluding hydrogens is 368 g/mol. The Labute approximate surface area is 171 Å². The zero-order valence-corrected chi connectivity index (χ0v) is 17.0. The van der Waals surface area contributed by atoms with Crippen LogP contribution in [-0.2, 0) is 11.3 Å². The van der Waals surface area contributed by atoms with Crippen molar-refractivity contribution in [2.75, 3.05) is 32.1 Å². The number of carbonyl (C=O) groups is 2. The standard InChI is InChI=1S/C22H28N4O3/c1-3-29-22(28)26-13-10-19(11-14-26)24-20-15-18(9-12-23-20)21(27)25(2)16-17-7-5-4-6-8-17/h4-9,12,15,19H,3,10-11,13-14,16H2,1-2H3,(H,23,24). The first-order valence-electron chi connectivity index (χ1n) is 10.0. The van der Waals surface area contributed by atoms with Crippen LogP contribution in [-0.4, -0.2) is 59.6 Å². The number of piperidine rings is 1. The molecule has 29 heavy (non-hydrogen) atoms. The Hall–Kier alpha value is -3.09. The van der Waals surface area contributed by atoms with Gasteiger partial charge in [-0.25, -0.2) is 9.78 Å². The van der Waals surface area contributed by atoms with Crippen LogP contribution in [0.5, 0.6) is 0 Å². The number of rotatable bonds is 6. The van der Waals surface area contributed by atoms with Gasteiger partial charge < -0.3 is 19.9 Å². The molecule has 0 bridgehead atoms. The van der Waals surface area contributed by atoms with Gasteiger partial charge in [0.1, 0.15) is 5.82 Å². The second-order valence-electron chi connectivity index (χ2n) is 7.18. The topological polar surface area (TPSA) is 74.8 Å². The number of nitrogens with zero attached hydrogens (tertiary/aromatic N) is 3. The zero-order valence-electron chi connectivity index (χ0n) is 17.0. The van der Waals surface area contributed by atoms with Crippen LogP contribution in [0.2, 0.25) is 0 Å². The third-order valence-electron chi connectivity index (χ3n) is 4.99. The second kappa shape index (κ2) is 9.91. The molecule has 2 heterocycles. The van der Waals surface area contributed by atoms with Crippen molar-refractivity contribution in [3.8, 4) is 0 Å². The summed E-state index contributed by atoms with van der Waals surface area (Å²) in [6, 6.07) is 13.6. The predicted octanol–water partition coefficient (Wildman–Crippen LogP) is 3.39. The van der Waals surface area contributed by atoms with Gasteiger partial charge in [-0.3, -0.25) is 4.79 Å². The quantitative estimate of drug-likeness (QED) is 0.810. The Balaban J connectivity index is 1.55. The van der Waals surface area contributed by atoms with Crippen LogP contribution in [0.4, 0.5) is 10.6 Å². The summed E-state index contributed by atoms with van der Waals surface area (Å²) in [5.41, 5.74) is 1.69. The van der Waals surface area contributed by atoms with E-state index in [2.05, 4.69) is 10.3 Å². The summed E-state index contributed by atoms with van der Waals surface area (Å²) in [6.45, 7) is 4.05. The van der Waals surface area contributed by atoms with E-state index in [1.165, 1.54) is 0 Å². The first kappa shape index (κ1) is 20.6. The summed E-state index contributed by atoms with van der Waals surface area (Å²) in [5.74, 6) is 0.634. The molecule has 0 spiro atoms. The maximum Gasteiger partial charge on any atom is 0.409 e. The lowest BCUT2D eigenvalue weighted by atomic mass is 10.1. The third-order valence-corrected chi connectivity index (χ3v) is 4.99. The van der Waals surface area contributed by atoms with Gasteiger partial charge in [0.25, 0.3) is 5.91 Å². The van der Waals surface area contributed by atoms with Gasteiger partial charge in [-0.05, 0) is 37.5 Å². The Kier molecular flexibility index (Phi) is 7.05. The molecule has 1 N–H and O–H groups in total. The minimum Gasteiger partial charge on any atom is -0.450 e. The van der Waals surface area contributed by atoms with Gasteiger partial charge in [-0.15, -0.1) is 0 Å². The molecule has 0 unspecified atom stereocenters. The molecule has 7 nitrogen and oxygen atoms in total. The van der Waals surface area contributed by atoms with E-state index in [9.17, 15) is 9.59 Å². The number of hydrogen-bond acceptors (Lipinski definition) is 5. The van der Waals surface area contributed by atoms with Crippen LogP contribution in [0, 0.1) is 0 Å². The van der Waals surface area contributed by atoms with Crippen molar-refractivity contribution >= 4 is 17.8 Å². The van der Waals surface area contributed by atoms with Gasteiger partial charge >= 0.3 is 6.09 Å². The van der Waals surface area contributed by atoms with Gasteiger partial charge in [0.15, 0.2) is 0 Å². The summed E-state index contributed by atoms with van der Waals surface area (Å²) >= 11 is 0. The lowest BCUT2D eigenvalue weighted by Gasteiger charge is -2.31. The van der Waals surface area contributed by atoms with Crippen LogP contribution in [0.15, 0.2) is 48.7 Å². The molecule has 0 aliphatic carbocycles. The number of benzene rings is 1. The van der Waals surface area contributed by atoms with E-state index in [0.717, 1.165) is 18.4 Å². The fraction of sp³-hybridized carbons (Fsp3) is 0.409. The van der Waals surface area contributed by atoms with Crippen LogP contribution < -0.4 is 5.32 Å². The number of pyridine rings is 1. The number of carbonyl (C=O) groups excluding carboxylic acids is 2. The molecule has 1 saturated heterocycles. The molecule has 1 aliphatic heterocycles. The van der Waals surface area contributed by atoms with Gasteiger partial charge in [-0.2, -0.15) is 0 Å². The summed E-state index contributed by atoms with van der Waals surface area (Å²) in [4.78, 5) is 32.4. The molecule has 0 atom stereocenters. The summed E-state index contributed by atoms with van der Waals surface area (Å²) < 4.78 is 5.05. The minimum atomic E-state index is -0.252. The molecule has 7 heteroatoms. The van der Waals surface area contributed by atoms with Gasteiger partial charge in [0.05, 0.1) is 6.61 Å². The maximum atomic E-state index is 12.8. The lowest BCUT2D eigenvalue weighted by molar-refractivity contribution is 0.0784. The number of aromatic nitrogens is 1. The first-order chi connectivity index (χ1) is 14.1. The monoisotopic (exact) mass is 396 g/mol. The van der Waals surface area contributed by atoms with Crippen molar-refractivity contribution in [2.45, 2.75) is 32.4 Å². The molecule has 154 valence electrons. The fourth-order valence-corrected chi connectivity index (χ4v) is 3.42. The molecule has 1 aromatic heterocycles. The molecule has 2 amide bonds. The Morgan fingerprint density at radius 3 is 2.62 bits per heavy atom. The van der Waals surface area contributed by atoms with Crippen LogP contribution in [0.1, 0.15) is 35.7 Å². The van der Waals surface area contributed by atoms with E-state index in [0.29, 0.717) is 37.6 Å². The number of hydrogen-bond donors (Lipinski definition) is 1. The maximum absolute atomic E-state index is 12.8. The number of likely N-dealkylation sites (tertiary alicyclic amines) is 1. The highest BCUT2D eigenvalue weighted by atomic mass is 16.6. The van der Waals surface area contributed by atoms with Crippen molar-refractivity contribution in [3.05, 3.63) is 59.8 Å². The molecule has 1 fully saturated rings. The Morgan fingerprint density at radius 1 is 1.21 bits per heavy atom. The van der Waals surface area contributed by atoms with Crippen molar-refractivity contribution in [2.24, 2.45) is 0 Å². The van der Waals surface area contributed by atoms with E-state index < -0.39 is 0 Å². The van der Waals surface area contributed by atoms with Crippen LogP contribution in [0.25, 0.3) is 0 Å². The van der Waals surface area contributed by atoms with E-state index >= 15 is 0 Å². The molecule has 2 aromatic rings. The van der Waals surface area contributed by atoms with Gasteiger partial charge in [-0.1, -0.05) is 30.3 Å². The lowest BCUT2D eigenvalue weighted by Crippen LogP contribution is -2.42. The molecule has 0 radical (unpaired) electrons. The van der Waals surface area contributed by atoms with Gasteiger partial charge in [0.2, 0.25) is 0 Å². The minimum absolute atomic E-state index is 0.0450. The predicted molar refractivity (Wildman–Crippen MR) is 112 cm³/mol. The van der Waals surface area contributed by atoms with Crippen molar-refractivity contribution < 1.29 is 14.3 Å². The fourth-order valence-electron chi connectivity index (χ4n) is 3.42. The van der Waals surface area contributed by atoms with Crippen LogP contribution >= 0.6 is 0 Å². The van der Waals surface area contributed by atoms with Gasteiger partial charge in [0, 0.05) is 44.5 Å². The highest BCUT2D eigenvalue weighted by molar-refractivity contribution is 5.94. The van der Waals surface area contributed by atoms with E-state index in [-0.39, 0.29) is 18.0 Å². The molecule has 1 aliphatic rings. The SMILES string of the molecule is CCOC(=O)N1CCC(Nc2cc(C(=O)N(C)Cc3ccccc3)ccn2)CC1. The molecular formula is C22H28N4O3. The van der Waals surface area contributed by atoms with E-state index in [1.807, 2.05) is 37.3 Å². The Bertz CT molecular complexity index is 820. The normalized spacial score (nSPS) is 14.3. The van der Waals surface area contributed by atoms with Crippen LogP contribution in [0.3, 0.4) is 0 Å². The molecule has 1 aromatic carbocycles. The highest BCUT2D eigenvalue weighted by Crippen LogP contribution is 2.17.